The zero-order valence-electron chi connectivity index (χ0n) is 15.2. The quantitative estimate of drug-likeness (QED) is 0.468. The Morgan fingerprint density at radius 1 is 1.35 bits per heavy atom. The molecule has 3 aromatic rings. The van der Waals surface area contributed by atoms with Crippen LogP contribution in [0.2, 0.25) is 0 Å². The number of furan rings is 1. The van der Waals surface area contributed by atoms with Gasteiger partial charge in [-0.05, 0) is 44.9 Å². The number of nitrogens with zero attached hydrogens (tertiary/aromatic N) is 4. The summed E-state index contributed by atoms with van der Waals surface area (Å²) in [7, 11) is 1.98. The predicted molar refractivity (Wildman–Crippen MR) is 99.7 cm³/mol. The van der Waals surface area contributed by atoms with Gasteiger partial charge in [-0.15, -0.1) is 10.2 Å². The third-order valence-corrected chi connectivity index (χ3v) is 5.93. The van der Waals surface area contributed by atoms with E-state index in [-0.39, 0.29) is 5.78 Å². The molecule has 0 atom stereocenters. The fraction of sp³-hybridized carbons (Fsp3) is 0.421. The highest BCUT2D eigenvalue weighted by atomic mass is 32.2. The van der Waals surface area contributed by atoms with E-state index in [0.29, 0.717) is 18.2 Å². The van der Waals surface area contributed by atoms with Crippen molar-refractivity contribution < 1.29 is 9.21 Å². The van der Waals surface area contributed by atoms with E-state index in [1.165, 1.54) is 24.6 Å². The highest BCUT2D eigenvalue weighted by Crippen LogP contribution is 2.39. The summed E-state index contributed by atoms with van der Waals surface area (Å²) in [4.78, 5) is 12.8. The lowest BCUT2D eigenvalue weighted by molar-refractivity contribution is 0.102. The minimum atomic E-state index is 0.116. The molecule has 6 nitrogen and oxygen atoms in total. The summed E-state index contributed by atoms with van der Waals surface area (Å²) in [5.74, 6) is 2.95. The van der Waals surface area contributed by atoms with Gasteiger partial charge in [0.05, 0.1) is 18.6 Å². The molecule has 0 radical (unpaired) electrons. The molecule has 0 aromatic carbocycles. The summed E-state index contributed by atoms with van der Waals surface area (Å²) < 4.78 is 9.57. The fourth-order valence-electron chi connectivity index (χ4n) is 3.24. The number of aryl methyl sites for hydroxylation is 1. The maximum absolute atomic E-state index is 12.8. The summed E-state index contributed by atoms with van der Waals surface area (Å²) in [6.45, 7) is 4.64. The van der Waals surface area contributed by atoms with E-state index in [1.807, 2.05) is 43.7 Å². The van der Waals surface area contributed by atoms with Crippen molar-refractivity contribution >= 4 is 17.5 Å². The van der Waals surface area contributed by atoms with E-state index < -0.39 is 0 Å². The third kappa shape index (κ3) is 3.23. The Bertz CT molecular complexity index is 935. The van der Waals surface area contributed by atoms with Crippen molar-refractivity contribution in [2.45, 2.75) is 44.3 Å². The van der Waals surface area contributed by atoms with Crippen LogP contribution in [0.3, 0.4) is 0 Å². The molecule has 1 saturated carbocycles. The number of thioether (sulfide) groups is 1. The summed E-state index contributed by atoms with van der Waals surface area (Å²) in [5.41, 5.74) is 2.80. The zero-order valence-corrected chi connectivity index (χ0v) is 16.0. The number of carbonyl (C=O) groups is 1. The van der Waals surface area contributed by atoms with E-state index in [0.717, 1.165) is 33.7 Å². The maximum atomic E-state index is 12.8. The summed E-state index contributed by atoms with van der Waals surface area (Å²) >= 11 is 1.46. The van der Waals surface area contributed by atoms with Gasteiger partial charge in [-0.25, -0.2) is 0 Å². The van der Waals surface area contributed by atoms with Crippen molar-refractivity contribution in [3.05, 3.63) is 53.0 Å². The zero-order chi connectivity index (χ0) is 18.3. The Balaban J connectivity index is 1.46. The topological polar surface area (TPSA) is 65.8 Å². The van der Waals surface area contributed by atoms with E-state index in [9.17, 15) is 4.79 Å². The molecule has 1 fully saturated rings. The minimum absolute atomic E-state index is 0.116. The highest BCUT2D eigenvalue weighted by molar-refractivity contribution is 7.99. The van der Waals surface area contributed by atoms with Crippen molar-refractivity contribution in [1.82, 2.24) is 19.3 Å². The number of aromatic nitrogens is 4. The normalized spacial score (nSPS) is 14.1. The van der Waals surface area contributed by atoms with Gasteiger partial charge < -0.3 is 13.6 Å². The Morgan fingerprint density at radius 3 is 2.85 bits per heavy atom. The Kier molecular flexibility index (Phi) is 4.48. The molecule has 0 spiro atoms. The molecule has 0 unspecified atom stereocenters. The second-order valence-electron chi connectivity index (χ2n) is 6.84. The maximum Gasteiger partial charge on any atom is 0.191 e. The number of rotatable bonds is 7. The predicted octanol–water partition coefficient (Wildman–Crippen LogP) is 3.73. The van der Waals surface area contributed by atoms with E-state index in [4.69, 9.17) is 4.42 Å². The number of hydrogen-bond donors (Lipinski definition) is 0. The monoisotopic (exact) mass is 370 g/mol. The molecule has 1 aliphatic rings. The van der Waals surface area contributed by atoms with Crippen LogP contribution in [-0.2, 0) is 13.6 Å². The van der Waals surface area contributed by atoms with Crippen molar-refractivity contribution in [3.63, 3.8) is 0 Å². The molecule has 136 valence electrons. The van der Waals surface area contributed by atoms with Gasteiger partial charge in [-0.3, -0.25) is 4.79 Å². The molecule has 3 heterocycles. The Morgan fingerprint density at radius 2 is 2.15 bits per heavy atom. The van der Waals surface area contributed by atoms with Gasteiger partial charge in [0.2, 0.25) is 0 Å². The average molecular weight is 370 g/mol. The van der Waals surface area contributed by atoms with Crippen LogP contribution in [0, 0.1) is 13.8 Å². The van der Waals surface area contributed by atoms with Crippen molar-refractivity contribution in [1.29, 1.82) is 0 Å². The third-order valence-electron chi connectivity index (χ3n) is 4.91. The molecular formula is C19H22N4O2S. The summed E-state index contributed by atoms with van der Waals surface area (Å²) in [6.07, 6.45) is 4.05. The van der Waals surface area contributed by atoms with Crippen LogP contribution >= 0.6 is 11.8 Å². The smallest absolute Gasteiger partial charge is 0.191 e. The molecule has 4 rings (SSSR count). The van der Waals surface area contributed by atoms with Crippen LogP contribution in [0.1, 0.15) is 52.1 Å². The first-order chi connectivity index (χ1) is 12.5. The average Bonchev–Trinajstić information content (AvgIpc) is 3.08. The van der Waals surface area contributed by atoms with Gasteiger partial charge in [-0.2, -0.15) is 0 Å². The molecule has 0 bridgehead atoms. The minimum Gasteiger partial charge on any atom is -0.467 e. The van der Waals surface area contributed by atoms with Gasteiger partial charge >= 0.3 is 0 Å². The summed E-state index contributed by atoms with van der Waals surface area (Å²) in [5, 5.41) is 9.33. The van der Waals surface area contributed by atoms with E-state index >= 15 is 0 Å². The van der Waals surface area contributed by atoms with Gasteiger partial charge in [0, 0.05) is 29.9 Å². The fourth-order valence-corrected chi connectivity index (χ4v) is 4.04. The van der Waals surface area contributed by atoms with E-state index in [1.54, 1.807) is 6.26 Å². The molecule has 0 saturated heterocycles. The Hall–Kier alpha value is -2.28. The van der Waals surface area contributed by atoms with Gasteiger partial charge in [-0.1, -0.05) is 11.8 Å². The lowest BCUT2D eigenvalue weighted by atomic mass is 10.2. The van der Waals surface area contributed by atoms with Crippen LogP contribution in [-0.4, -0.2) is 30.9 Å². The number of hydrogen-bond acceptors (Lipinski definition) is 5. The summed E-state index contributed by atoms with van der Waals surface area (Å²) in [6, 6.07) is 5.79. The molecule has 0 aliphatic heterocycles. The molecule has 0 amide bonds. The largest absolute Gasteiger partial charge is 0.467 e. The number of Topliss-reactive ketones (excluding diaryl/α,β-unsaturated/α-hetero) is 1. The van der Waals surface area contributed by atoms with Crippen LogP contribution in [0.15, 0.2) is 34.0 Å². The SMILES string of the molecule is Cc1cc(C(=O)CSc2nnc(C3CC3)n2C)c(C)n1Cc1ccco1. The molecule has 3 aromatic heterocycles. The molecule has 0 N–H and O–H groups in total. The number of ketones is 1. The lowest BCUT2D eigenvalue weighted by Crippen LogP contribution is -2.08. The van der Waals surface area contributed by atoms with Crippen molar-refractivity contribution in [3.8, 4) is 0 Å². The second-order valence-corrected chi connectivity index (χ2v) is 7.78. The van der Waals surface area contributed by atoms with Crippen LogP contribution in [0.5, 0.6) is 0 Å². The van der Waals surface area contributed by atoms with E-state index in [2.05, 4.69) is 14.8 Å². The first-order valence-electron chi connectivity index (χ1n) is 8.79. The van der Waals surface area contributed by atoms with Crippen molar-refractivity contribution in [2.75, 3.05) is 5.75 Å². The lowest BCUT2D eigenvalue weighted by Gasteiger charge is -2.08. The molecular weight excluding hydrogens is 348 g/mol. The number of carbonyl (C=O) groups excluding carboxylic acids is 1. The van der Waals surface area contributed by atoms with Crippen LogP contribution < -0.4 is 0 Å². The standard InChI is InChI=1S/C19H22N4O2S/c1-12-9-16(13(2)23(12)10-15-5-4-8-25-15)17(24)11-26-19-21-20-18(22(19)3)14-6-7-14/h4-5,8-9,14H,6-7,10-11H2,1-3H3. The second kappa shape index (κ2) is 6.79. The Labute approximate surface area is 156 Å². The first-order valence-corrected chi connectivity index (χ1v) is 9.77. The molecule has 26 heavy (non-hydrogen) atoms. The highest BCUT2D eigenvalue weighted by Gasteiger charge is 2.29. The van der Waals surface area contributed by atoms with Gasteiger partial charge in [0.15, 0.2) is 10.9 Å². The molecule has 1 aliphatic carbocycles. The van der Waals surface area contributed by atoms with Gasteiger partial charge in [0.1, 0.15) is 11.6 Å². The first kappa shape index (κ1) is 17.1. The molecule has 7 heteroatoms. The van der Waals surface area contributed by atoms with Gasteiger partial charge in [0.25, 0.3) is 0 Å². The van der Waals surface area contributed by atoms with Crippen molar-refractivity contribution in [2.24, 2.45) is 7.05 Å². The van der Waals surface area contributed by atoms with Crippen LogP contribution in [0.25, 0.3) is 0 Å². The van der Waals surface area contributed by atoms with Crippen LogP contribution in [0.4, 0.5) is 0 Å².